The number of anilines is 1. The molecule has 0 radical (unpaired) electrons. The van der Waals surface area contributed by atoms with E-state index in [4.69, 9.17) is 0 Å². The Morgan fingerprint density at radius 2 is 1.51 bits per heavy atom. The maximum absolute atomic E-state index is 12.9. The summed E-state index contributed by atoms with van der Waals surface area (Å²) in [7, 11) is 0. The number of pyridine rings is 1. The van der Waals surface area contributed by atoms with Crippen molar-refractivity contribution in [1.82, 2.24) is 4.98 Å². The number of carboxylic acid groups (broad SMARTS) is 1. The Labute approximate surface area is 192 Å². The monoisotopic (exact) mass is 500 g/mol. The molecule has 3 rings (SSSR count). The van der Waals surface area contributed by atoms with Crippen LogP contribution < -0.4 is 10.1 Å². The van der Waals surface area contributed by atoms with E-state index in [0.717, 1.165) is 24.3 Å². The Hall–Kier alpha value is -4.16. The number of hydrogen-bond donors (Lipinski definition) is 2. The number of nitrogens with one attached hydrogen (secondary N) is 1. The van der Waals surface area contributed by atoms with E-state index in [1.807, 2.05) is 0 Å². The summed E-state index contributed by atoms with van der Waals surface area (Å²) in [6.07, 6.45) is -10.6. The molecule has 0 aliphatic heterocycles. The van der Waals surface area contributed by atoms with Gasteiger partial charge < -0.3 is 15.2 Å². The summed E-state index contributed by atoms with van der Waals surface area (Å²) in [5.41, 5.74) is -0.373. The summed E-state index contributed by atoms with van der Waals surface area (Å²) in [6.45, 7) is 3.28. The van der Waals surface area contributed by atoms with Crippen molar-refractivity contribution in [3.05, 3.63) is 53.1 Å². The zero-order chi connectivity index (χ0) is 26.3. The number of rotatable bonds is 4. The van der Waals surface area contributed by atoms with Crippen molar-refractivity contribution in [3.8, 4) is 17.0 Å². The second-order valence-electron chi connectivity index (χ2n) is 7.29. The van der Waals surface area contributed by atoms with E-state index < -0.39 is 47.2 Å². The van der Waals surface area contributed by atoms with Gasteiger partial charge in [0.15, 0.2) is 5.75 Å². The van der Waals surface area contributed by atoms with E-state index in [0.29, 0.717) is 11.1 Å². The van der Waals surface area contributed by atoms with E-state index in [9.17, 15) is 45.8 Å². The van der Waals surface area contributed by atoms with Crippen molar-refractivity contribution in [3.63, 3.8) is 0 Å². The maximum Gasteiger partial charge on any atom is 0.491 e. The number of carbonyl (C=O) groups excluding carboxylic acids is 2. The minimum Gasteiger partial charge on any atom is -0.478 e. The van der Waals surface area contributed by atoms with Crippen molar-refractivity contribution in [2.45, 2.75) is 26.2 Å². The quantitative estimate of drug-likeness (QED) is 0.378. The molecule has 3 aromatic rings. The van der Waals surface area contributed by atoms with Gasteiger partial charge in [0.2, 0.25) is 0 Å². The first-order chi connectivity index (χ1) is 16.1. The first-order valence-electron chi connectivity index (χ1n) is 9.56. The van der Waals surface area contributed by atoms with E-state index in [2.05, 4.69) is 9.72 Å². The number of benzene rings is 2. The summed E-state index contributed by atoms with van der Waals surface area (Å²) in [6, 6.07) is 6.94. The molecule has 1 aromatic heterocycles. The number of aromatic carboxylic acids is 1. The van der Waals surface area contributed by atoms with Gasteiger partial charge in [0.05, 0.1) is 5.52 Å². The lowest BCUT2D eigenvalue weighted by Gasteiger charge is -2.17. The standard InChI is InChI=1S/C22H14F6N2O5/c1-9-3-8-13-14(18(31)32)17(35-20(34)22(26,27)28)16(30-15(13)10(9)2)11-4-6-12(7-5-11)29-19(33)21(23,24)25/h3-8H,1-2H3,(H,29,33)(H,31,32). The van der Waals surface area contributed by atoms with Crippen molar-refractivity contribution in [2.75, 3.05) is 5.32 Å². The highest BCUT2D eigenvalue weighted by Gasteiger charge is 2.43. The van der Waals surface area contributed by atoms with Crippen LogP contribution in [0.3, 0.4) is 0 Å². The Balaban J connectivity index is 2.26. The largest absolute Gasteiger partial charge is 0.491 e. The normalized spacial score (nSPS) is 11.9. The van der Waals surface area contributed by atoms with E-state index >= 15 is 0 Å². The van der Waals surface area contributed by atoms with Gasteiger partial charge in [-0.3, -0.25) is 4.79 Å². The third kappa shape index (κ3) is 5.18. The number of esters is 1. The fourth-order valence-corrected chi connectivity index (χ4v) is 3.12. The number of halogens is 6. The number of nitrogens with zero attached hydrogens (tertiary/aromatic N) is 1. The lowest BCUT2D eigenvalue weighted by molar-refractivity contribution is -0.189. The van der Waals surface area contributed by atoms with Crippen molar-refractivity contribution in [2.24, 2.45) is 0 Å². The van der Waals surface area contributed by atoms with Gasteiger partial charge in [-0.15, -0.1) is 0 Å². The first-order valence-corrected chi connectivity index (χ1v) is 9.56. The summed E-state index contributed by atoms with van der Waals surface area (Å²) < 4.78 is 80.6. The lowest BCUT2D eigenvalue weighted by Crippen LogP contribution is -2.29. The van der Waals surface area contributed by atoms with Crippen molar-refractivity contribution in [1.29, 1.82) is 0 Å². The zero-order valence-corrected chi connectivity index (χ0v) is 17.8. The van der Waals surface area contributed by atoms with Crippen LogP contribution in [-0.2, 0) is 9.59 Å². The van der Waals surface area contributed by atoms with Gasteiger partial charge in [-0.25, -0.2) is 14.6 Å². The van der Waals surface area contributed by atoms with Crippen LogP contribution in [0.2, 0.25) is 0 Å². The fraction of sp³-hybridized carbons (Fsp3) is 0.182. The SMILES string of the molecule is Cc1ccc2c(C(=O)O)c(OC(=O)C(F)(F)F)c(-c3ccc(NC(=O)C(F)(F)F)cc3)nc2c1C. The number of alkyl halides is 6. The van der Waals surface area contributed by atoms with Crippen LogP contribution in [0.1, 0.15) is 21.5 Å². The van der Waals surface area contributed by atoms with Crippen LogP contribution in [-0.4, -0.2) is 40.3 Å². The van der Waals surface area contributed by atoms with Crippen molar-refractivity contribution >= 4 is 34.4 Å². The Kier molecular flexibility index (Phi) is 6.47. The lowest BCUT2D eigenvalue weighted by atomic mass is 9.98. The number of aryl methyl sites for hydroxylation is 2. The minimum absolute atomic E-state index is 0.0923. The van der Waals surface area contributed by atoms with Gasteiger partial charge in [-0.2, -0.15) is 26.3 Å². The first kappa shape index (κ1) is 25.5. The van der Waals surface area contributed by atoms with Crippen molar-refractivity contribution < 1.29 is 50.6 Å². The fourth-order valence-electron chi connectivity index (χ4n) is 3.12. The van der Waals surface area contributed by atoms with E-state index in [-0.39, 0.29) is 22.2 Å². The minimum atomic E-state index is -5.46. The summed E-state index contributed by atoms with van der Waals surface area (Å²) in [4.78, 5) is 39.0. The van der Waals surface area contributed by atoms with Gasteiger partial charge in [0.1, 0.15) is 11.3 Å². The van der Waals surface area contributed by atoms with Crippen LogP contribution in [0.4, 0.5) is 32.0 Å². The van der Waals surface area contributed by atoms with Crippen LogP contribution >= 0.6 is 0 Å². The molecule has 1 heterocycles. The summed E-state index contributed by atoms with van der Waals surface area (Å²) in [5, 5.41) is 11.3. The predicted molar refractivity (Wildman–Crippen MR) is 110 cm³/mol. The number of hydrogen-bond acceptors (Lipinski definition) is 5. The van der Waals surface area contributed by atoms with E-state index in [1.165, 1.54) is 12.1 Å². The number of carboxylic acids is 1. The second kappa shape index (κ2) is 8.89. The molecule has 2 N–H and O–H groups in total. The van der Waals surface area contributed by atoms with Gasteiger partial charge in [-0.1, -0.05) is 24.3 Å². The molecular formula is C22H14F6N2O5. The number of carbonyl (C=O) groups is 3. The molecule has 0 spiro atoms. The highest BCUT2D eigenvalue weighted by molar-refractivity contribution is 6.09. The van der Waals surface area contributed by atoms with Crippen LogP contribution in [0.5, 0.6) is 5.75 Å². The molecule has 0 atom stereocenters. The third-order valence-corrected chi connectivity index (χ3v) is 4.95. The van der Waals surface area contributed by atoms with Gasteiger partial charge in [-0.05, 0) is 37.1 Å². The van der Waals surface area contributed by atoms with E-state index in [1.54, 1.807) is 19.2 Å². The van der Waals surface area contributed by atoms with Crippen LogP contribution in [0, 0.1) is 13.8 Å². The van der Waals surface area contributed by atoms with Crippen LogP contribution in [0.15, 0.2) is 36.4 Å². The number of amides is 1. The average Bonchev–Trinajstić information content (AvgIpc) is 2.75. The number of aromatic nitrogens is 1. The maximum atomic E-state index is 12.9. The molecule has 1 amide bonds. The Morgan fingerprint density at radius 3 is 2.03 bits per heavy atom. The molecule has 35 heavy (non-hydrogen) atoms. The summed E-state index contributed by atoms with van der Waals surface area (Å²) in [5.74, 6) is -7.66. The van der Waals surface area contributed by atoms with Gasteiger partial charge in [0.25, 0.3) is 0 Å². The topological polar surface area (TPSA) is 106 Å². The molecule has 0 saturated heterocycles. The molecule has 184 valence electrons. The molecule has 0 bridgehead atoms. The molecular weight excluding hydrogens is 486 g/mol. The van der Waals surface area contributed by atoms with Gasteiger partial charge in [0, 0.05) is 16.6 Å². The molecule has 2 aromatic carbocycles. The highest BCUT2D eigenvalue weighted by atomic mass is 19.4. The number of fused-ring (bicyclic) bond motifs is 1. The third-order valence-electron chi connectivity index (χ3n) is 4.95. The smallest absolute Gasteiger partial charge is 0.478 e. The molecule has 0 saturated carbocycles. The average molecular weight is 500 g/mol. The number of ether oxygens (including phenoxy) is 1. The molecule has 0 unspecified atom stereocenters. The molecule has 0 aliphatic carbocycles. The second-order valence-corrected chi connectivity index (χ2v) is 7.29. The Morgan fingerprint density at radius 1 is 0.914 bits per heavy atom. The molecule has 0 fully saturated rings. The van der Waals surface area contributed by atoms with Gasteiger partial charge >= 0.3 is 30.2 Å². The molecule has 13 heteroatoms. The molecule has 7 nitrogen and oxygen atoms in total. The van der Waals surface area contributed by atoms with Crippen LogP contribution in [0.25, 0.3) is 22.2 Å². The zero-order valence-electron chi connectivity index (χ0n) is 17.8. The molecule has 0 aliphatic rings. The summed E-state index contributed by atoms with van der Waals surface area (Å²) >= 11 is 0. The Bertz CT molecular complexity index is 1350. The predicted octanol–water partition coefficient (Wildman–Crippen LogP) is 5.19. The highest BCUT2D eigenvalue weighted by Crippen LogP contribution is 2.39.